The molecule has 0 bridgehead atoms. The summed E-state index contributed by atoms with van der Waals surface area (Å²) in [6, 6.07) is 6.14. The van der Waals surface area contributed by atoms with Crippen LogP contribution in [0, 0.1) is 17.7 Å². The monoisotopic (exact) mass is 372 g/mol. The van der Waals surface area contributed by atoms with Crippen molar-refractivity contribution in [3.05, 3.63) is 48.0 Å². The number of nitrogens with zero attached hydrogens (tertiary/aromatic N) is 3. The van der Waals surface area contributed by atoms with E-state index >= 15 is 0 Å². The highest BCUT2D eigenvalue weighted by molar-refractivity contribution is 5.73. The van der Waals surface area contributed by atoms with Gasteiger partial charge in [0.1, 0.15) is 5.82 Å². The van der Waals surface area contributed by atoms with Crippen LogP contribution >= 0.6 is 0 Å². The smallest absolute Gasteiger partial charge is 0.217 e. The Labute approximate surface area is 158 Å². The van der Waals surface area contributed by atoms with Crippen molar-refractivity contribution in [3.63, 3.8) is 0 Å². The Kier molecular flexibility index (Phi) is 4.97. The van der Waals surface area contributed by atoms with Gasteiger partial charge in [-0.15, -0.1) is 0 Å². The van der Waals surface area contributed by atoms with Crippen LogP contribution in [0.1, 0.15) is 25.3 Å². The number of carbonyl (C=O) groups is 1. The maximum atomic E-state index is 13.1. The Morgan fingerprint density at radius 2 is 1.96 bits per heavy atom. The molecule has 0 unspecified atom stereocenters. The fraction of sp³-hybridized carbons (Fsp3) is 0.500. The largest absolute Gasteiger partial charge is 0.391 e. The lowest BCUT2D eigenvalue weighted by Crippen LogP contribution is -2.48. The molecule has 0 spiro atoms. The third-order valence-electron chi connectivity index (χ3n) is 5.74. The molecule has 1 saturated heterocycles. The van der Waals surface area contributed by atoms with Gasteiger partial charge in [0.05, 0.1) is 24.0 Å². The van der Waals surface area contributed by atoms with E-state index in [0.717, 1.165) is 43.7 Å². The number of aromatic nitrogens is 2. The average Bonchev–Trinajstić information content (AvgIpc) is 3.22. The van der Waals surface area contributed by atoms with E-state index in [9.17, 15) is 14.3 Å². The molecule has 144 valence electrons. The molecule has 27 heavy (non-hydrogen) atoms. The zero-order valence-corrected chi connectivity index (χ0v) is 15.4. The van der Waals surface area contributed by atoms with Crippen LogP contribution in [0.5, 0.6) is 0 Å². The lowest BCUT2D eigenvalue weighted by Gasteiger charge is -2.35. The number of rotatable bonds is 4. The van der Waals surface area contributed by atoms with Gasteiger partial charge in [-0.25, -0.2) is 9.07 Å². The molecule has 1 saturated carbocycles. The number of aliphatic hydroxyl groups excluding tert-OH is 1. The molecule has 6 nitrogen and oxygen atoms in total. The molecule has 1 aromatic heterocycles. The standard InChI is InChI=1S/C20H25FN4O2/c1-13(26)23-19-6-15-11-24(12-16(15)7-20(19)27)9-14-8-22-25(10-14)18-4-2-17(21)3-5-18/h2-5,8,10,15-16,19-20,27H,6-7,9,11-12H2,1H3,(H,23,26)/t15-,16+,19-,20-/m1/s1. The highest BCUT2D eigenvalue weighted by Gasteiger charge is 2.41. The van der Waals surface area contributed by atoms with E-state index in [2.05, 4.69) is 15.3 Å². The number of carbonyl (C=O) groups excluding carboxylic acids is 1. The molecule has 4 rings (SSSR count). The number of benzene rings is 1. The number of hydrogen-bond donors (Lipinski definition) is 2. The van der Waals surface area contributed by atoms with Crippen LogP contribution in [-0.2, 0) is 11.3 Å². The van der Waals surface area contributed by atoms with Crippen molar-refractivity contribution >= 4 is 5.91 Å². The molecule has 2 fully saturated rings. The summed E-state index contributed by atoms with van der Waals surface area (Å²) in [5.41, 5.74) is 1.94. The van der Waals surface area contributed by atoms with Crippen LogP contribution in [0.25, 0.3) is 5.69 Å². The number of amides is 1. The van der Waals surface area contributed by atoms with Crippen molar-refractivity contribution in [3.8, 4) is 5.69 Å². The Balaban J connectivity index is 1.38. The number of nitrogens with one attached hydrogen (secondary N) is 1. The predicted molar refractivity (Wildman–Crippen MR) is 98.6 cm³/mol. The molecule has 0 radical (unpaired) electrons. The molecule has 1 aliphatic carbocycles. The normalized spacial score (nSPS) is 28.1. The van der Waals surface area contributed by atoms with E-state index in [0.29, 0.717) is 11.8 Å². The second kappa shape index (κ2) is 7.40. The SMILES string of the molecule is CC(=O)N[C@@H]1C[C@@H]2CN(Cc3cnn(-c4ccc(F)cc4)c3)C[C@@H]2C[C@H]1O. The van der Waals surface area contributed by atoms with Crippen LogP contribution in [-0.4, -0.2) is 50.9 Å². The summed E-state index contributed by atoms with van der Waals surface area (Å²) >= 11 is 0. The lowest BCUT2D eigenvalue weighted by atomic mass is 9.77. The minimum Gasteiger partial charge on any atom is -0.391 e. The Bertz CT molecular complexity index is 807. The third kappa shape index (κ3) is 4.04. The first-order valence-corrected chi connectivity index (χ1v) is 9.45. The van der Waals surface area contributed by atoms with Gasteiger partial charge in [-0.3, -0.25) is 9.69 Å². The van der Waals surface area contributed by atoms with E-state index < -0.39 is 6.10 Å². The molecule has 4 atom stereocenters. The Morgan fingerprint density at radius 3 is 2.67 bits per heavy atom. The molecular formula is C20H25FN4O2. The highest BCUT2D eigenvalue weighted by atomic mass is 19.1. The molecule has 7 heteroatoms. The van der Waals surface area contributed by atoms with E-state index in [1.807, 2.05) is 12.4 Å². The van der Waals surface area contributed by atoms with Crippen molar-refractivity contribution < 1.29 is 14.3 Å². The predicted octanol–water partition coefficient (Wildman–Crippen LogP) is 1.72. The molecule has 1 amide bonds. The van der Waals surface area contributed by atoms with Crippen LogP contribution in [0.4, 0.5) is 4.39 Å². The minimum absolute atomic E-state index is 0.0828. The highest BCUT2D eigenvalue weighted by Crippen LogP contribution is 2.37. The van der Waals surface area contributed by atoms with E-state index in [1.165, 1.54) is 19.1 Å². The van der Waals surface area contributed by atoms with Gasteiger partial charge >= 0.3 is 0 Å². The first-order valence-electron chi connectivity index (χ1n) is 9.45. The van der Waals surface area contributed by atoms with Crippen molar-refractivity contribution in [2.45, 2.75) is 38.5 Å². The summed E-state index contributed by atoms with van der Waals surface area (Å²) in [7, 11) is 0. The van der Waals surface area contributed by atoms with Crippen molar-refractivity contribution in [1.29, 1.82) is 0 Å². The molecule has 2 aromatic rings. The molecule has 2 aliphatic rings. The molecule has 2 N–H and O–H groups in total. The van der Waals surface area contributed by atoms with Gasteiger partial charge in [-0.2, -0.15) is 5.10 Å². The van der Waals surface area contributed by atoms with Gasteiger partial charge in [-0.1, -0.05) is 0 Å². The summed E-state index contributed by atoms with van der Waals surface area (Å²) in [5, 5.41) is 17.6. The second-order valence-corrected chi connectivity index (χ2v) is 7.83. The van der Waals surface area contributed by atoms with E-state index in [1.54, 1.807) is 16.8 Å². The van der Waals surface area contributed by atoms with E-state index in [4.69, 9.17) is 0 Å². The van der Waals surface area contributed by atoms with Crippen LogP contribution in [0.2, 0.25) is 0 Å². The minimum atomic E-state index is -0.462. The first-order chi connectivity index (χ1) is 13.0. The number of likely N-dealkylation sites (tertiary alicyclic amines) is 1. The van der Waals surface area contributed by atoms with Crippen molar-refractivity contribution in [2.75, 3.05) is 13.1 Å². The zero-order chi connectivity index (χ0) is 19.0. The van der Waals surface area contributed by atoms with Crippen LogP contribution in [0.15, 0.2) is 36.7 Å². The lowest BCUT2D eigenvalue weighted by molar-refractivity contribution is -0.121. The van der Waals surface area contributed by atoms with Crippen LogP contribution in [0.3, 0.4) is 0 Å². The Hall–Kier alpha value is -2.25. The van der Waals surface area contributed by atoms with Crippen molar-refractivity contribution in [2.24, 2.45) is 11.8 Å². The van der Waals surface area contributed by atoms with Crippen molar-refractivity contribution in [1.82, 2.24) is 20.0 Å². The fourth-order valence-corrected chi connectivity index (χ4v) is 4.51. The Morgan fingerprint density at radius 1 is 1.26 bits per heavy atom. The topological polar surface area (TPSA) is 70.4 Å². The molecule has 2 heterocycles. The number of aliphatic hydroxyl groups is 1. The van der Waals surface area contributed by atoms with Gasteiger partial charge in [0.25, 0.3) is 0 Å². The molecule has 1 aromatic carbocycles. The number of hydrogen-bond acceptors (Lipinski definition) is 4. The fourth-order valence-electron chi connectivity index (χ4n) is 4.51. The summed E-state index contributed by atoms with van der Waals surface area (Å²) < 4.78 is 14.8. The summed E-state index contributed by atoms with van der Waals surface area (Å²) in [4.78, 5) is 13.7. The molecular weight excluding hydrogens is 347 g/mol. The zero-order valence-electron chi connectivity index (χ0n) is 15.4. The summed E-state index contributed by atoms with van der Waals surface area (Å²) in [6.45, 7) is 4.22. The van der Waals surface area contributed by atoms with Gasteiger partial charge < -0.3 is 10.4 Å². The number of fused-ring (bicyclic) bond motifs is 1. The van der Waals surface area contributed by atoms with E-state index in [-0.39, 0.29) is 17.8 Å². The van der Waals surface area contributed by atoms with Gasteiger partial charge in [-0.05, 0) is 48.9 Å². The average molecular weight is 372 g/mol. The van der Waals surface area contributed by atoms with Crippen LogP contribution < -0.4 is 5.32 Å². The quantitative estimate of drug-likeness (QED) is 0.857. The van der Waals surface area contributed by atoms with Gasteiger partial charge in [0, 0.05) is 38.3 Å². The first kappa shape index (κ1) is 18.1. The maximum Gasteiger partial charge on any atom is 0.217 e. The summed E-state index contributed by atoms with van der Waals surface area (Å²) in [5.74, 6) is 0.626. The van der Waals surface area contributed by atoms with Gasteiger partial charge in [0.2, 0.25) is 5.91 Å². The second-order valence-electron chi connectivity index (χ2n) is 7.83. The number of halogens is 1. The summed E-state index contributed by atoms with van der Waals surface area (Å²) in [6.07, 6.45) is 4.93. The molecule has 1 aliphatic heterocycles. The van der Waals surface area contributed by atoms with Gasteiger partial charge in [0.15, 0.2) is 0 Å². The third-order valence-corrected chi connectivity index (χ3v) is 5.74. The maximum absolute atomic E-state index is 13.1.